The third-order valence-electron chi connectivity index (χ3n) is 1.04. The van der Waals surface area contributed by atoms with Crippen LogP contribution in [-0.2, 0) is 0 Å². The first-order valence-corrected chi connectivity index (χ1v) is 2.94. The lowest BCUT2D eigenvalue weighted by atomic mass is 10.2. The largest absolute Gasteiger partial charge is 0.124 e. The molecule has 1 aromatic rings. The summed E-state index contributed by atoms with van der Waals surface area (Å²) in [4.78, 5) is 0. The Hall–Kier alpha value is -1.48. The highest BCUT2D eigenvalue weighted by Crippen LogP contribution is 1.97. The molecule has 0 unspecified atom stereocenters. The normalized spacial score (nSPS) is 7.00. The monoisotopic (exact) mass is 130 g/mol. The molecule has 0 bridgehead atoms. The van der Waals surface area contributed by atoms with Gasteiger partial charge in [-0.3, -0.25) is 0 Å². The molecule has 0 saturated heterocycles. The predicted molar refractivity (Wildman–Crippen MR) is 46.4 cm³/mol. The zero-order chi connectivity index (χ0) is 7.82. The molecule has 0 nitrogen and oxygen atoms in total. The van der Waals surface area contributed by atoms with E-state index in [4.69, 9.17) is 0 Å². The summed E-state index contributed by atoms with van der Waals surface area (Å²) in [5, 5.41) is 0. The number of benzene rings is 1. The maximum absolute atomic E-state index is 4.00. The van der Waals surface area contributed by atoms with Crippen LogP contribution in [0.3, 0.4) is 0 Å². The summed E-state index contributed by atoms with van der Waals surface area (Å²) in [5.41, 5.74) is 1.17. The Kier molecular flexibility index (Phi) is 4.82. The van der Waals surface area contributed by atoms with Crippen LogP contribution in [0, 0.1) is 12.8 Å². The molecule has 0 radical (unpaired) electrons. The van der Waals surface area contributed by atoms with E-state index in [-0.39, 0.29) is 0 Å². The number of terminal acetylenes is 1. The summed E-state index contributed by atoms with van der Waals surface area (Å²) in [6, 6.07) is 10.0. The van der Waals surface area contributed by atoms with Gasteiger partial charge in [0, 0.05) is 0 Å². The molecule has 10 heavy (non-hydrogen) atoms. The van der Waals surface area contributed by atoms with E-state index >= 15 is 0 Å². The molecule has 0 spiro atoms. The molecule has 0 heteroatoms. The van der Waals surface area contributed by atoms with E-state index in [1.165, 1.54) is 5.56 Å². The Morgan fingerprint density at radius 1 is 1.10 bits per heavy atom. The van der Waals surface area contributed by atoms with Gasteiger partial charge in [-0.1, -0.05) is 43.0 Å². The fourth-order valence-electron chi connectivity index (χ4n) is 0.589. The van der Waals surface area contributed by atoms with Gasteiger partial charge < -0.3 is 0 Å². The minimum absolute atomic E-state index is 1.17. The lowest BCUT2D eigenvalue weighted by Crippen LogP contribution is -1.63. The molecule has 0 saturated carbocycles. The van der Waals surface area contributed by atoms with Gasteiger partial charge in [0.2, 0.25) is 0 Å². The van der Waals surface area contributed by atoms with Gasteiger partial charge >= 0.3 is 0 Å². The summed E-state index contributed by atoms with van der Waals surface area (Å²) in [6.45, 7) is 3.63. The van der Waals surface area contributed by atoms with Gasteiger partial charge in [-0.05, 0) is 5.56 Å². The minimum atomic E-state index is 1.17. The van der Waals surface area contributed by atoms with Gasteiger partial charge in [0.15, 0.2) is 0 Å². The van der Waals surface area contributed by atoms with Crippen molar-refractivity contribution in [3.63, 3.8) is 0 Å². The first kappa shape index (κ1) is 8.52. The predicted octanol–water partition coefficient (Wildman–Crippen LogP) is 2.58. The molecular formula is C10H10. The number of rotatable bonds is 1. The van der Waals surface area contributed by atoms with Crippen molar-refractivity contribution >= 4 is 6.08 Å². The quantitative estimate of drug-likeness (QED) is 0.512. The van der Waals surface area contributed by atoms with Crippen LogP contribution in [0.1, 0.15) is 5.56 Å². The summed E-state index contributed by atoms with van der Waals surface area (Å²) in [7, 11) is 0. The van der Waals surface area contributed by atoms with Gasteiger partial charge in [-0.15, -0.1) is 12.8 Å². The molecule has 1 aromatic carbocycles. The highest BCUT2D eigenvalue weighted by molar-refractivity contribution is 5.45. The molecule has 0 fully saturated rings. The highest BCUT2D eigenvalue weighted by atomic mass is 13.8. The Balaban J connectivity index is 0.000000371. The maximum atomic E-state index is 4.00. The Morgan fingerprint density at radius 2 is 1.60 bits per heavy atom. The van der Waals surface area contributed by atoms with Crippen LogP contribution in [0.4, 0.5) is 0 Å². The average Bonchev–Trinajstić information content (AvgIpc) is 2.10. The van der Waals surface area contributed by atoms with Crippen LogP contribution in [0.2, 0.25) is 0 Å². The average molecular weight is 130 g/mol. The first-order chi connectivity index (χ1) is 4.93. The van der Waals surface area contributed by atoms with Gasteiger partial charge in [-0.2, -0.15) is 0 Å². The molecule has 0 aliphatic carbocycles. The van der Waals surface area contributed by atoms with Crippen molar-refractivity contribution in [2.24, 2.45) is 0 Å². The van der Waals surface area contributed by atoms with Crippen molar-refractivity contribution in [1.29, 1.82) is 0 Å². The summed E-state index contributed by atoms with van der Waals surface area (Å²) >= 11 is 0. The van der Waals surface area contributed by atoms with E-state index in [0.717, 1.165) is 0 Å². The fraction of sp³-hybridized carbons (Fsp3) is 0. The number of hydrogen-bond donors (Lipinski definition) is 0. The van der Waals surface area contributed by atoms with E-state index in [2.05, 4.69) is 19.4 Å². The van der Waals surface area contributed by atoms with Crippen molar-refractivity contribution in [2.45, 2.75) is 0 Å². The van der Waals surface area contributed by atoms with Gasteiger partial charge in [0.1, 0.15) is 0 Å². The Bertz CT molecular complexity index is 194. The van der Waals surface area contributed by atoms with Gasteiger partial charge in [0.25, 0.3) is 0 Å². The van der Waals surface area contributed by atoms with E-state index in [1.807, 2.05) is 36.4 Å². The highest BCUT2D eigenvalue weighted by Gasteiger charge is 1.75. The Labute approximate surface area is 62.2 Å². The zero-order valence-corrected chi connectivity index (χ0v) is 5.83. The molecule has 0 atom stereocenters. The second kappa shape index (κ2) is 5.65. The zero-order valence-electron chi connectivity index (χ0n) is 5.83. The van der Waals surface area contributed by atoms with Crippen molar-refractivity contribution in [2.75, 3.05) is 0 Å². The van der Waals surface area contributed by atoms with Gasteiger partial charge in [-0.25, -0.2) is 0 Å². The molecule has 0 N–H and O–H groups in total. The van der Waals surface area contributed by atoms with E-state index in [9.17, 15) is 0 Å². The molecule has 0 aliphatic heterocycles. The summed E-state index contributed by atoms with van der Waals surface area (Å²) in [5.74, 6) is 0. The van der Waals surface area contributed by atoms with Crippen LogP contribution in [0.15, 0.2) is 36.9 Å². The standard InChI is InChI=1S/C8H8.C2H2/c1-2-8-6-4-3-5-7-8;1-2/h2-7H,1H2;1-2H. The molecular weight excluding hydrogens is 120 g/mol. The lowest BCUT2D eigenvalue weighted by molar-refractivity contribution is 1.67. The van der Waals surface area contributed by atoms with Crippen molar-refractivity contribution in [3.8, 4) is 12.8 Å². The van der Waals surface area contributed by atoms with Crippen LogP contribution < -0.4 is 0 Å². The molecule has 0 aromatic heterocycles. The van der Waals surface area contributed by atoms with Crippen LogP contribution >= 0.6 is 0 Å². The number of hydrogen-bond acceptors (Lipinski definition) is 0. The van der Waals surface area contributed by atoms with E-state index in [1.54, 1.807) is 0 Å². The molecule has 50 valence electrons. The molecule has 1 rings (SSSR count). The fourth-order valence-corrected chi connectivity index (χ4v) is 0.589. The third kappa shape index (κ3) is 2.74. The van der Waals surface area contributed by atoms with Crippen molar-refractivity contribution in [3.05, 3.63) is 42.5 Å². The molecule has 0 heterocycles. The van der Waals surface area contributed by atoms with Crippen LogP contribution in [-0.4, -0.2) is 0 Å². The lowest BCUT2D eigenvalue weighted by Gasteiger charge is -1.85. The van der Waals surface area contributed by atoms with Gasteiger partial charge in [0.05, 0.1) is 0 Å². The SMILES string of the molecule is C#C.C=Cc1ccccc1. The van der Waals surface area contributed by atoms with E-state index < -0.39 is 0 Å². The molecule has 0 aliphatic rings. The van der Waals surface area contributed by atoms with Crippen LogP contribution in [0.5, 0.6) is 0 Å². The van der Waals surface area contributed by atoms with E-state index in [0.29, 0.717) is 0 Å². The second-order valence-corrected chi connectivity index (χ2v) is 1.61. The smallest absolute Gasteiger partial charge is 0.0263 e. The second-order valence-electron chi connectivity index (χ2n) is 1.61. The molecule has 0 amide bonds. The minimum Gasteiger partial charge on any atom is -0.124 e. The first-order valence-electron chi connectivity index (χ1n) is 2.94. The summed E-state index contributed by atoms with van der Waals surface area (Å²) < 4.78 is 0. The maximum Gasteiger partial charge on any atom is -0.0263 e. The van der Waals surface area contributed by atoms with Crippen molar-refractivity contribution in [1.82, 2.24) is 0 Å². The third-order valence-corrected chi connectivity index (χ3v) is 1.04. The topological polar surface area (TPSA) is 0 Å². The van der Waals surface area contributed by atoms with Crippen molar-refractivity contribution < 1.29 is 0 Å². The Morgan fingerprint density at radius 3 is 1.90 bits per heavy atom. The van der Waals surface area contributed by atoms with Crippen LogP contribution in [0.25, 0.3) is 6.08 Å². The summed E-state index contributed by atoms with van der Waals surface area (Å²) in [6.07, 6.45) is 9.83.